The van der Waals surface area contributed by atoms with Crippen LogP contribution in [0.15, 0.2) is 18.3 Å². The Kier molecular flexibility index (Phi) is 5.58. The number of ether oxygens (including phenoxy) is 1. The van der Waals surface area contributed by atoms with Gasteiger partial charge >= 0.3 is 0 Å². The van der Waals surface area contributed by atoms with Gasteiger partial charge < -0.3 is 15.0 Å². The van der Waals surface area contributed by atoms with Crippen molar-refractivity contribution in [3.05, 3.63) is 23.9 Å². The maximum atomic E-state index is 11.7. The lowest BCUT2D eigenvalue weighted by atomic mass is 10.2. The van der Waals surface area contributed by atoms with E-state index in [1.807, 2.05) is 38.1 Å². The summed E-state index contributed by atoms with van der Waals surface area (Å²) in [4.78, 5) is 17.8. The van der Waals surface area contributed by atoms with Gasteiger partial charge in [0.15, 0.2) is 0 Å². The van der Waals surface area contributed by atoms with Crippen LogP contribution in [0.5, 0.6) is 0 Å². The number of carbonyl (C=O) groups is 1. The third kappa shape index (κ3) is 4.33. The molecule has 100 valence electrons. The van der Waals surface area contributed by atoms with Gasteiger partial charge in [-0.05, 0) is 31.5 Å². The second-order valence-electron chi connectivity index (χ2n) is 4.23. The van der Waals surface area contributed by atoms with E-state index in [2.05, 4.69) is 10.3 Å². The first kappa shape index (κ1) is 14.4. The number of pyridine rings is 1. The van der Waals surface area contributed by atoms with E-state index >= 15 is 0 Å². The molecule has 0 saturated carbocycles. The Balaban J connectivity index is 2.53. The summed E-state index contributed by atoms with van der Waals surface area (Å²) in [5.41, 5.74) is 1.02. The highest BCUT2D eigenvalue weighted by molar-refractivity contribution is 5.80. The summed E-state index contributed by atoms with van der Waals surface area (Å²) in [6.07, 6.45) is 1.33. The van der Waals surface area contributed by atoms with Gasteiger partial charge in [-0.25, -0.2) is 4.98 Å². The van der Waals surface area contributed by atoms with E-state index in [9.17, 15) is 4.79 Å². The summed E-state index contributed by atoms with van der Waals surface area (Å²) < 4.78 is 5.22. The van der Waals surface area contributed by atoms with E-state index in [4.69, 9.17) is 4.74 Å². The Morgan fingerprint density at radius 2 is 2.28 bits per heavy atom. The van der Waals surface area contributed by atoms with Crippen LogP contribution in [0.25, 0.3) is 0 Å². The highest BCUT2D eigenvalue weighted by atomic mass is 16.5. The number of nitrogens with zero attached hydrogens (tertiary/aromatic N) is 2. The van der Waals surface area contributed by atoms with Gasteiger partial charge in [-0.3, -0.25) is 4.79 Å². The fourth-order valence-corrected chi connectivity index (χ4v) is 1.47. The number of aromatic nitrogens is 1. The van der Waals surface area contributed by atoms with Gasteiger partial charge in [0.25, 0.3) is 0 Å². The molecule has 1 aromatic heterocycles. The molecule has 1 amide bonds. The highest BCUT2D eigenvalue weighted by Gasteiger charge is 2.11. The maximum absolute atomic E-state index is 11.7. The maximum Gasteiger partial charge on any atom is 0.249 e. The number of rotatable bonds is 6. The molecule has 1 rings (SSSR count). The molecule has 0 bridgehead atoms. The lowest BCUT2D eigenvalue weighted by Crippen LogP contribution is -2.34. The monoisotopic (exact) mass is 251 g/mol. The smallest absolute Gasteiger partial charge is 0.249 e. The fraction of sp³-hybridized carbons (Fsp3) is 0.538. The molecule has 0 aliphatic carbocycles. The predicted octanol–water partition coefficient (Wildman–Crippen LogP) is 1.19. The van der Waals surface area contributed by atoms with Crippen molar-refractivity contribution in [2.24, 2.45) is 0 Å². The molecule has 1 heterocycles. The van der Waals surface area contributed by atoms with Crippen LogP contribution in [0.4, 0.5) is 5.82 Å². The van der Waals surface area contributed by atoms with Crippen molar-refractivity contribution < 1.29 is 9.53 Å². The molecule has 1 unspecified atom stereocenters. The van der Waals surface area contributed by atoms with Gasteiger partial charge in [0.05, 0.1) is 0 Å². The van der Waals surface area contributed by atoms with Crippen molar-refractivity contribution in [1.82, 2.24) is 10.3 Å². The van der Waals surface area contributed by atoms with Gasteiger partial charge in [-0.15, -0.1) is 0 Å². The zero-order chi connectivity index (χ0) is 13.5. The van der Waals surface area contributed by atoms with Crippen LogP contribution in [0.3, 0.4) is 0 Å². The number of carbonyl (C=O) groups excluding carboxylic acids is 1. The van der Waals surface area contributed by atoms with Gasteiger partial charge in [-0.2, -0.15) is 0 Å². The molecular formula is C13H21N3O2. The zero-order valence-electron chi connectivity index (χ0n) is 11.4. The molecule has 5 heteroatoms. The van der Waals surface area contributed by atoms with Gasteiger partial charge in [0.1, 0.15) is 11.9 Å². The van der Waals surface area contributed by atoms with E-state index in [0.717, 1.165) is 11.4 Å². The molecule has 1 N–H and O–H groups in total. The third-order valence-electron chi connectivity index (χ3n) is 2.52. The van der Waals surface area contributed by atoms with E-state index in [-0.39, 0.29) is 5.91 Å². The summed E-state index contributed by atoms with van der Waals surface area (Å²) in [5, 5.41) is 2.84. The molecule has 0 aliphatic heterocycles. The molecule has 0 fully saturated rings. The van der Waals surface area contributed by atoms with Crippen molar-refractivity contribution in [1.29, 1.82) is 0 Å². The third-order valence-corrected chi connectivity index (χ3v) is 2.52. The first-order chi connectivity index (χ1) is 8.54. The lowest BCUT2D eigenvalue weighted by Gasteiger charge is -2.14. The first-order valence-electron chi connectivity index (χ1n) is 6.06. The Bertz CT molecular complexity index is 394. The standard InChI is InChI=1S/C13H21N3O2/c1-5-18-10(2)13(17)15-9-11-6-7-14-12(8-11)16(3)4/h6-8,10H,5,9H2,1-4H3,(H,15,17). The van der Waals surface area contributed by atoms with Gasteiger partial charge in [-0.1, -0.05) is 0 Å². The summed E-state index contributed by atoms with van der Waals surface area (Å²) in [6, 6.07) is 3.84. The molecule has 1 atom stereocenters. The first-order valence-corrected chi connectivity index (χ1v) is 6.06. The van der Waals surface area contributed by atoms with Gasteiger partial charge in [0, 0.05) is 33.4 Å². The highest BCUT2D eigenvalue weighted by Crippen LogP contribution is 2.09. The minimum atomic E-state index is -0.412. The van der Waals surface area contributed by atoms with E-state index in [0.29, 0.717) is 13.2 Å². The van der Waals surface area contributed by atoms with E-state index < -0.39 is 6.10 Å². The van der Waals surface area contributed by atoms with Crippen molar-refractivity contribution >= 4 is 11.7 Å². The van der Waals surface area contributed by atoms with Crippen molar-refractivity contribution in [2.45, 2.75) is 26.5 Å². The normalized spacial score (nSPS) is 12.0. The summed E-state index contributed by atoms with van der Waals surface area (Å²) in [7, 11) is 3.86. The number of nitrogens with one attached hydrogen (secondary N) is 1. The molecule has 1 aromatic rings. The molecule has 0 saturated heterocycles. The number of anilines is 1. The molecule has 18 heavy (non-hydrogen) atoms. The Morgan fingerprint density at radius 1 is 1.56 bits per heavy atom. The van der Waals surface area contributed by atoms with Crippen LogP contribution in [-0.2, 0) is 16.1 Å². The average molecular weight is 251 g/mol. The predicted molar refractivity (Wildman–Crippen MR) is 71.5 cm³/mol. The summed E-state index contributed by atoms with van der Waals surface area (Å²) in [6.45, 7) is 4.64. The lowest BCUT2D eigenvalue weighted by molar-refractivity contribution is -0.131. The molecular weight excluding hydrogens is 230 g/mol. The average Bonchev–Trinajstić information content (AvgIpc) is 2.36. The molecule has 0 radical (unpaired) electrons. The molecule has 0 aliphatic rings. The van der Waals surface area contributed by atoms with Crippen molar-refractivity contribution in [2.75, 3.05) is 25.6 Å². The topological polar surface area (TPSA) is 54.5 Å². The summed E-state index contributed by atoms with van der Waals surface area (Å²) in [5.74, 6) is 0.777. The number of hydrogen-bond donors (Lipinski definition) is 1. The Morgan fingerprint density at radius 3 is 2.89 bits per heavy atom. The SMILES string of the molecule is CCOC(C)C(=O)NCc1ccnc(N(C)C)c1. The molecule has 0 spiro atoms. The summed E-state index contributed by atoms with van der Waals surface area (Å²) >= 11 is 0. The van der Waals surface area contributed by atoms with E-state index in [1.54, 1.807) is 13.1 Å². The minimum Gasteiger partial charge on any atom is -0.369 e. The molecule has 5 nitrogen and oxygen atoms in total. The zero-order valence-corrected chi connectivity index (χ0v) is 11.4. The Labute approximate surface area is 108 Å². The van der Waals surface area contributed by atoms with Crippen molar-refractivity contribution in [3.63, 3.8) is 0 Å². The second-order valence-corrected chi connectivity index (χ2v) is 4.23. The van der Waals surface area contributed by atoms with Gasteiger partial charge in [0.2, 0.25) is 5.91 Å². The molecule has 0 aromatic carbocycles. The van der Waals surface area contributed by atoms with Crippen LogP contribution < -0.4 is 10.2 Å². The van der Waals surface area contributed by atoms with Crippen LogP contribution >= 0.6 is 0 Å². The van der Waals surface area contributed by atoms with Crippen molar-refractivity contribution in [3.8, 4) is 0 Å². The largest absolute Gasteiger partial charge is 0.369 e. The Hall–Kier alpha value is -1.62. The van der Waals surface area contributed by atoms with Crippen LogP contribution in [-0.4, -0.2) is 37.7 Å². The number of hydrogen-bond acceptors (Lipinski definition) is 4. The number of amides is 1. The fourth-order valence-electron chi connectivity index (χ4n) is 1.47. The van der Waals surface area contributed by atoms with Crippen LogP contribution in [0.2, 0.25) is 0 Å². The second kappa shape index (κ2) is 6.96. The quantitative estimate of drug-likeness (QED) is 0.825. The van der Waals surface area contributed by atoms with Crippen LogP contribution in [0.1, 0.15) is 19.4 Å². The van der Waals surface area contributed by atoms with E-state index in [1.165, 1.54) is 0 Å². The minimum absolute atomic E-state index is 0.0972. The van der Waals surface area contributed by atoms with Crippen LogP contribution in [0, 0.1) is 0 Å².